The number of hydrogen-bond acceptors (Lipinski definition) is 3. The summed E-state index contributed by atoms with van der Waals surface area (Å²) in [6, 6.07) is 6.75. The smallest absolute Gasteiger partial charge is 0.257 e. The Balaban J connectivity index is 1.41. The zero-order valence-corrected chi connectivity index (χ0v) is 16.9. The van der Waals surface area contributed by atoms with Crippen LogP contribution in [0.15, 0.2) is 47.8 Å². The van der Waals surface area contributed by atoms with E-state index >= 15 is 0 Å². The predicted octanol–water partition coefficient (Wildman–Crippen LogP) is 5.39. The Bertz CT molecular complexity index is 826. The number of para-hydroxylation sites is 1. The van der Waals surface area contributed by atoms with Crippen molar-refractivity contribution in [2.45, 2.75) is 44.9 Å². The lowest BCUT2D eigenvalue weighted by Crippen LogP contribution is -2.45. The van der Waals surface area contributed by atoms with Gasteiger partial charge in [0.25, 0.3) is 5.91 Å². The maximum Gasteiger partial charge on any atom is 0.257 e. The highest BCUT2D eigenvalue weighted by molar-refractivity contribution is 5.97. The van der Waals surface area contributed by atoms with Crippen LogP contribution in [0.2, 0.25) is 0 Å². The van der Waals surface area contributed by atoms with Crippen LogP contribution in [0.25, 0.3) is 0 Å². The first-order valence-corrected chi connectivity index (χ1v) is 10.4. The molecule has 0 aromatic heterocycles. The van der Waals surface area contributed by atoms with Gasteiger partial charge in [0.15, 0.2) is 5.75 Å². The Morgan fingerprint density at radius 3 is 2.72 bits per heavy atom. The maximum atomic E-state index is 13.8. The summed E-state index contributed by atoms with van der Waals surface area (Å²) in [4.78, 5) is 19.9. The van der Waals surface area contributed by atoms with Crippen LogP contribution in [0.1, 0.15) is 55.3 Å². The van der Waals surface area contributed by atoms with Crippen LogP contribution in [0.3, 0.4) is 0 Å². The molecule has 2 aliphatic carbocycles. The molecule has 1 unspecified atom stereocenters. The number of allylic oxidation sites excluding steroid dienone is 4. The minimum absolute atomic E-state index is 0.0254. The second-order valence-electron chi connectivity index (χ2n) is 8.58. The van der Waals surface area contributed by atoms with Gasteiger partial charge in [0.2, 0.25) is 0 Å². The van der Waals surface area contributed by atoms with Crippen molar-refractivity contribution in [2.24, 2.45) is 11.3 Å². The number of rotatable bonds is 3. The molecule has 29 heavy (non-hydrogen) atoms. The number of likely N-dealkylation sites (tertiary alicyclic amines) is 1. The molecule has 0 radical (unpaired) electrons. The van der Waals surface area contributed by atoms with Gasteiger partial charge >= 0.3 is 0 Å². The average molecular weight is 402 g/mol. The Morgan fingerprint density at radius 1 is 1.21 bits per heavy atom. The number of nitrogens with zero attached hydrogens (tertiary/aromatic N) is 2. The van der Waals surface area contributed by atoms with E-state index in [2.05, 4.69) is 6.08 Å². The predicted molar refractivity (Wildman–Crippen MR) is 107 cm³/mol. The second kappa shape index (κ2) is 8.27. The van der Waals surface area contributed by atoms with Gasteiger partial charge in [-0.05, 0) is 68.1 Å². The van der Waals surface area contributed by atoms with E-state index in [4.69, 9.17) is 4.84 Å². The van der Waals surface area contributed by atoms with E-state index in [9.17, 15) is 13.7 Å². The van der Waals surface area contributed by atoms with Crippen LogP contribution in [0, 0.1) is 11.3 Å². The third kappa shape index (κ3) is 4.37. The fraction of sp³-hybridized carbons (Fsp3) is 0.522. The minimum Gasteiger partial charge on any atom is -0.376 e. The Kier molecular flexibility index (Phi) is 5.72. The second-order valence-corrected chi connectivity index (χ2v) is 8.58. The van der Waals surface area contributed by atoms with E-state index in [1.54, 1.807) is 30.3 Å². The zero-order valence-electron chi connectivity index (χ0n) is 16.9. The lowest BCUT2D eigenvalue weighted by Gasteiger charge is -2.47. The molecule has 0 bridgehead atoms. The molecule has 1 saturated carbocycles. The van der Waals surface area contributed by atoms with Gasteiger partial charge in [0, 0.05) is 24.8 Å². The van der Waals surface area contributed by atoms with E-state index in [1.165, 1.54) is 5.57 Å². The summed E-state index contributed by atoms with van der Waals surface area (Å²) in [6.07, 6.45) is 10.2. The molecule has 0 N–H and O–H groups in total. The summed E-state index contributed by atoms with van der Waals surface area (Å²) in [6.45, 7) is 1.37. The molecular weight excluding hydrogens is 374 g/mol. The van der Waals surface area contributed by atoms with Crippen molar-refractivity contribution in [3.63, 3.8) is 0 Å². The van der Waals surface area contributed by atoms with Gasteiger partial charge in [0.05, 0.1) is 18.4 Å². The van der Waals surface area contributed by atoms with Crippen molar-refractivity contribution in [2.75, 3.05) is 20.1 Å². The molecular formula is C23H28F2N2O2. The summed E-state index contributed by atoms with van der Waals surface area (Å²) < 4.78 is 27.0. The molecule has 6 heteroatoms. The number of fused-ring (bicyclic) bond motifs is 1. The molecule has 1 aromatic rings. The first-order valence-electron chi connectivity index (χ1n) is 10.4. The summed E-state index contributed by atoms with van der Waals surface area (Å²) in [5.74, 6) is 0.477. The van der Waals surface area contributed by atoms with E-state index in [0.29, 0.717) is 37.4 Å². The lowest BCUT2D eigenvalue weighted by atomic mass is 9.63. The monoisotopic (exact) mass is 402 g/mol. The van der Waals surface area contributed by atoms with Gasteiger partial charge in [-0.1, -0.05) is 28.3 Å². The van der Waals surface area contributed by atoms with Crippen molar-refractivity contribution in [3.05, 3.63) is 53.4 Å². The van der Waals surface area contributed by atoms with Gasteiger partial charge in [-0.15, -0.1) is 0 Å². The van der Waals surface area contributed by atoms with E-state index in [1.807, 2.05) is 4.90 Å². The van der Waals surface area contributed by atoms with E-state index in [0.717, 1.165) is 39.2 Å². The highest BCUT2D eigenvalue weighted by Crippen LogP contribution is 2.50. The van der Waals surface area contributed by atoms with Crippen molar-refractivity contribution in [1.82, 2.24) is 10.2 Å². The number of hydrogen-bond donors (Lipinski definition) is 0. The first-order chi connectivity index (χ1) is 14.0. The molecule has 1 atom stereocenters. The Morgan fingerprint density at radius 2 is 1.97 bits per heavy atom. The van der Waals surface area contributed by atoms with Gasteiger partial charge < -0.3 is 9.74 Å². The molecule has 3 aliphatic rings. The van der Waals surface area contributed by atoms with Crippen molar-refractivity contribution in [3.8, 4) is 5.75 Å². The highest BCUT2D eigenvalue weighted by Gasteiger charge is 2.41. The van der Waals surface area contributed by atoms with Crippen LogP contribution < -0.4 is 4.84 Å². The fourth-order valence-electron chi connectivity index (χ4n) is 5.10. The van der Waals surface area contributed by atoms with E-state index in [-0.39, 0.29) is 28.2 Å². The molecule has 2 fully saturated rings. The summed E-state index contributed by atoms with van der Waals surface area (Å²) in [5.41, 5.74) is 2.00. The number of piperidine rings is 1. The molecule has 1 spiro atoms. The summed E-state index contributed by atoms with van der Waals surface area (Å²) in [5, 5.41) is 0.105. The maximum absolute atomic E-state index is 13.8. The summed E-state index contributed by atoms with van der Waals surface area (Å²) in [7, 11) is 1.14. The highest BCUT2D eigenvalue weighted by atomic mass is 19.2. The van der Waals surface area contributed by atoms with Crippen LogP contribution in [0.4, 0.5) is 8.87 Å². The normalized spacial score (nSPS) is 23.9. The van der Waals surface area contributed by atoms with Crippen molar-refractivity contribution < 1.29 is 18.5 Å². The standard InChI is InChI=1S/C23H28F2N2O2/c1-26(25)29-21-8-3-2-7-20(21)22(28)27-13-11-23(12-14-27)10-9-17-15-19(24)6-4-5-18(17)16-23/h2-3,5-8,17H,4,9-16H2,1H3. The van der Waals surface area contributed by atoms with E-state index < -0.39 is 0 Å². The SMILES string of the molecule is CN(F)Oc1ccccc1C(=O)N1CCC2(CCC3CC(F)=CCC=C3C2)CC1. The number of carbonyl (C=O) groups excluding carboxylic acids is 1. The molecule has 4 rings (SSSR count). The number of benzene rings is 1. The van der Waals surface area contributed by atoms with Gasteiger partial charge in [0.1, 0.15) is 0 Å². The van der Waals surface area contributed by atoms with Crippen LogP contribution >= 0.6 is 0 Å². The largest absolute Gasteiger partial charge is 0.376 e. The molecule has 1 amide bonds. The van der Waals surface area contributed by atoms with Crippen molar-refractivity contribution >= 4 is 5.91 Å². The molecule has 156 valence electrons. The Labute approximate surface area is 170 Å². The molecule has 4 nitrogen and oxygen atoms in total. The Hall–Kier alpha value is -2.21. The number of hydroxylamine groups is 1. The average Bonchev–Trinajstić information content (AvgIpc) is 2.88. The minimum atomic E-state index is -0.120. The third-order valence-electron chi connectivity index (χ3n) is 6.74. The van der Waals surface area contributed by atoms with Gasteiger partial charge in [-0.3, -0.25) is 4.79 Å². The topological polar surface area (TPSA) is 32.8 Å². The first kappa shape index (κ1) is 20.1. The zero-order chi connectivity index (χ0) is 20.4. The molecule has 1 saturated heterocycles. The van der Waals surface area contributed by atoms with Gasteiger partial charge in [-0.2, -0.15) is 0 Å². The molecule has 1 aliphatic heterocycles. The fourth-order valence-corrected chi connectivity index (χ4v) is 5.10. The van der Waals surface area contributed by atoms with Crippen LogP contribution in [-0.2, 0) is 0 Å². The van der Waals surface area contributed by atoms with Crippen molar-refractivity contribution in [1.29, 1.82) is 0 Å². The molecule has 1 aromatic carbocycles. The molecule has 1 heterocycles. The number of halogens is 2. The van der Waals surface area contributed by atoms with Crippen LogP contribution in [0.5, 0.6) is 5.75 Å². The number of amides is 1. The quantitative estimate of drug-likeness (QED) is 0.386. The number of carbonyl (C=O) groups is 1. The van der Waals surface area contributed by atoms with Gasteiger partial charge in [-0.25, -0.2) is 4.39 Å². The van der Waals surface area contributed by atoms with Crippen LogP contribution in [-0.4, -0.2) is 36.2 Å². The lowest BCUT2D eigenvalue weighted by molar-refractivity contribution is -0.186. The third-order valence-corrected chi connectivity index (χ3v) is 6.74. The summed E-state index contributed by atoms with van der Waals surface area (Å²) >= 11 is 0.